The van der Waals surface area contributed by atoms with Crippen LogP contribution in [0.15, 0.2) is 14.9 Å². The molecule has 0 saturated carbocycles. The molecule has 3 saturated heterocycles. The van der Waals surface area contributed by atoms with Crippen LogP contribution in [-0.2, 0) is 40.9 Å². The summed E-state index contributed by atoms with van der Waals surface area (Å²) >= 11 is 3.48. The van der Waals surface area contributed by atoms with Crippen molar-refractivity contribution in [3.05, 3.63) is 15.9 Å². The molecule has 3 N–H and O–H groups in total. The fourth-order valence-electron chi connectivity index (χ4n) is 4.55. The van der Waals surface area contributed by atoms with E-state index >= 15 is 0 Å². The number of ether oxygens (including phenoxy) is 2. The fraction of sp³-hybridized carbons (Fsp3) is 0.667. The number of carbonyl (C=O) groups excluding carboxylic acids is 2. The van der Waals surface area contributed by atoms with Gasteiger partial charge in [-0.2, -0.15) is 0 Å². The molecular weight excluding hydrogens is 621 g/mol. The molecule has 5 atom stereocenters. The predicted molar refractivity (Wildman–Crippen MR) is 146 cm³/mol. The van der Waals surface area contributed by atoms with Crippen molar-refractivity contribution in [1.82, 2.24) is 35.4 Å². The molecule has 3 aliphatic rings. The molecular formula is C21H28N8O8S4. The highest BCUT2D eigenvalue weighted by Crippen LogP contribution is 2.44. The van der Waals surface area contributed by atoms with E-state index in [0.29, 0.717) is 18.2 Å². The van der Waals surface area contributed by atoms with Crippen molar-refractivity contribution in [2.45, 2.75) is 48.2 Å². The van der Waals surface area contributed by atoms with Crippen molar-refractivity contribution in [3.8, 4) is 0 Å². The van der Waals surface area contributed by atoms with Gasteiger partial charge in [-0.25, -0.2) is 13.1 Å². The van der Waals surface area contributed by atoms with Gasteiger partial charge in [0.15, 0.2) is 17.2 Å². The topological polar surface area (TPSA) is 211 Å². The van der Waals surface area contributed by atoms with Crippen molar-refractivity contribution in [3.63, 3.8) is 0 Å². The summed E-state index contributed by atoms with van der Waals surface area (Å²) in [5.41, 5.74) is -0.957. The zero-order valence-electron chi connectivity index (χ0n) is 22.0. The number of carboxylic acids is 1. The van der Waals surface area contributed by atoms with E-state index in [0.717, 1.165) is 30.4 Å². The fourth-order valence-corrected chi connectivity index (χ4v) is 8.79. The molecule has 0 spiro atoms. The van der Waals surface area contributed by atoms with Gasteiger partial charge in [0.25, 0.3) is 15.9 Å². The zero-order valence-corrected chi connectivity index (χ0v) is 25.2. The van der Waals surface area contributed by atoms with Crippen LogP contribution in [0.4, 0.5) is 0 Å². The summed E-state index contributed by atoms with van der Waals surface area (Å²) in [6.45, 7) is 0.459. The van der Waals surface area contributed by atoms with Gasteiger partial charge in [0.2, 0.25) is 11.1 Å². The number of hydrogen-bond donors (Lipinski definition) is 3. The number of hydrogen-bond acceptors (Lipinski definition) is 13. The third-order valence-electron chi connectivity index (χ3n) is 6.70. The molecule has 2 aromatic rings. The number of aromatic nitrogens is 5. The monoisotopic (exact) mass is 648 g/mol. The van der Waals surface area contributed by atoms with E-state index in [9.17, 15) is 27.9 Å². The van der Waals surface area contributed by atoms with Crippen LogP contribution in [0.5, 0.6) is 0 Å². The van der Waals surface area contributed by atoms with Gasteiger partial charge in [0, 0.05) is 37.1 Å². The summed E-state index contributed by atoms with van der Waals surface area (Å²) in [5, 5.41) is 25.6. The van der Waals surface area contributed by atoms with E-state index in [1.807, 2.05) is 0 Å². The molecule has 224 valence electrons. The molecule has 2 aromatic heterocycles. The number of nitrogens with zero attached hydrogens (tertiary/aromatic N) is 6. The number of rotatable bonds is 10. The Morgan fingerprint density at radius 2 is 2.24 bits per heavy atom. The first-order chi connectivity index (χ1) is 19.5. The van der Waals surface area contributed by atoms with Gasteiger partial charge in [0.1, 0.15) is 16.8 Å². The van der Waals surface area contributed by atoms with Crippen molar-refractivity contribution >= 4 is 62.7 Å². The number of β-lactam (4-membered cyclic amide) rings is 1. The smallest absolute Gasteiger partial charge is 0.313 e. The van der Waals surface area contributed by atoms with Gasteiger partial charge in [-0.1, -0.05) is 11.8 Å². The summed E-state index contributed by atoms with van der Waals surface area (Å²) in [5.74, 6) is -1.68. The lowest BCUT2D eigenvalue weighted by Crippen LogP contribution is -2.74. The molecule has 3 aliphatic heterocycles. The maximum atomic E-state index is 13.5. The number of thioether (sulfide) groups is 2. The van der Waals surface area contributed by atoms with Crippen LogP contribution in [0, 0.1) is 5.41 Å². The van der Waals surface area contributed by atoms with Crippen LogP contribution in [0.3, 0.4) is 0 Å². The van der Waals surface area contributed by atoms with E-state index < -0.39 is 57.0 Å². The van der Waals surface area contributed by atoms with Gasteiger partial charge >= 0.3 is 5.97 Å². The Kier molecular flexibility index (Phi) is 8.76. The van der Waals surface area contributed by atoms with Crippen molar-refractivity contribution < 1.29 is 37.4 Å². The molecule has 20 heteroatoms. The van der Waals surface area contributed by atoms with Gasteiger partial charge in [-0.15, -0.1) is 32.6 Å². The van der Waals surface area contributed by atoms with E-state index in [1.54, 1.807) is 7.05 Å². The molecule has 5 heterocycles. The standard InChI is InChI=1S/C21H28N8O8S4/c1-28-20(24-26-27-28)40-10-21(18(32)33)8-29-16(31)13(17(29)39-9-21)23-15(30)14(37-12-5-3-4-6-36-12)11-7-38-19(22-11)25-41(2,34)35/h7,12-14,17H,3-6,8-10H2,1-2H3,(H,22,25)(H,23,30)(H,32,33)/t12?,13?,14?,17-,21?/m1/s1. The number of carbonyl (C=O) groups is 3. The molecule has 0 aromatic carbocycles. The molecule has 3 fully saturated rings. The Balaban J connectivity index is 1.28. The summed E-state index contributed by atoms with van der Waals surface area (Å²) in [7, 11) is -2.02. The average molecular weight is 649 g/mol. The Morgan fingerprint density at radius 3 is 2.90 bits per heavy atom. The molecule has 4 unspecified atom stereocenters. The van der Waals surface area contributed by atoms with Crippen LogP contribution < -0.4 is 10.1 Å². The lowest BCUT2D eigenvalue weighted by molar-refractivity contribution is -0.195. The van der Waals surface area contributed by atoms with Gasteiger partial charge in [0.05, 0.1) is 11.9 Å². The molecule has 2 amide bonds. The van der Waals surface area contributed by atoms with Crippen LogP contribution in [0.1, 0.15) is 31.1 Å². The van der Waals surface area contributed by atoms with Crippen molar-refractivity contribution in [2.75, 3.05) is 30.9 Å². The number of carboxylic acid groups (broad SMARTS) is 1. The number of fused-ring (bicyclic) bond motifs is 1. The first kappa shape index (κ1) is 30.0. The van der Waals surface area contributed by atoms with Crippen LogP contribution in [-0.4, -0.2) is 110 Å². The molecule has 0 radical (unpaired) electrons. The maximum Gasteiger partial charge on any atom is 0.313 e. The third kappa shape index (κ3) is 6.61. The third-order valence-corrected chi connectivity index (χ3v) is 11.0. The lowest BCUT2D eigenvalue weighted by Gasteiger charge is -2.53. The normalized spacial score (nSPS) is 27.7. The SMILES string of the molecule is Cn1nnnc1SCC1(C(=O)O)CS[C@@H]2C(NC(=O)C(OC3CCCCO3)c3csc(=NS(C)(=O)=O)[nH]3)C(=O)N2C1. The highest BCUT2D eigenvalue weighted by molar-refractivity contribution is 8.00. The van der Waals surface area contributed by atoms with E-state index in [4.69, 9.17) is 9.47 Å². The van der Waals surface area contributed by atoms with Crippen LogP contribution >= 0.6 is 34.9 Å². The summed E-state index contributed by atoms with van der Waals surface area (Å²) in [6.07, 6.45) is 1.38. The summed E-state index contributed by atoms with van der Waals surface area (Å²) in [4.78, 5) is 43.3. The Morgan fingerprint density at radius 1 is 1.44 bits per heavy atom. The molecule has 41 heavy (non-hydrogen) atoms. The number of thiazole rings is 1. The second-order valence-electron chi connectivity index (χ2n) is 9.87. The Bertz CT molecular complexity index is 1490. The number of H-pyrrole nitrogens is 1. The summed E-state index contributed by atoms with van der Waals surface area (Å²) < 4.78 is 39.9. The van der Waals surface area contributed by atoms with Crippen molar-refractivity contribution in [2.24, 2.45) is 16.9 Å². The molecule has 16 nitrogen and oxygen atoms in total. The predicted octanol–water partition coefficient (Wildman–Crippen LogP) is -0.692. The average Bonchev–Trinajstić information content (AvgIpc) is 3.56. The Labute approximate surface area is 246 Å². The number of nitrogens with one attached hydrogen (secondary N) is 2. The quantitative estimate of drug-likeness (QED) is 0.215. The van der Waals surface area contributed by atoms with Crippen LogP contribution in [0.25, 0.3) is 0 Å². The van der Waals surface area contributed by atoms with Crippen LogP contribution in [0.2, 0.25) is 0 Å². The maximum absolute atomic E-state index is 13.5. The second-order valence-corrected chi connectivity index (χ2v) is 14.4. The minimum Gasteiger partial charge on any atom is -0.481 e. The number of sulfonamides is 1. The summed E-state index contributed by atoms with van der Waals surface area (Å²) in [6, 6.07) is -0.882. The molecule has 5 rings (SSSR count). The number of amides is 2. The van der Waals surface area contributed by atoms with E-state index in [-0.39, 0.29) is 28.5 Å². The van der Waals surface area contributed by atoms with Gasteiger partial charge < -0.3 is 29.8 Å². The van der Waals surface area contributed by atoms with Gasteiger partial charge in [-0.05, 0) is 29.7 Å². The van der Waals surface area contributed by atoms with E-state index in [1.165, 1.54) is 38.5 Å². The number of tetrazole rings is 1. The first-order valence-electron chi connectivity index (χ1n) is 12.5. The Hall–Kier alpha value is -2.52. The lowest BCUT2D eigenvalue weighted by atomic mass is 9.89. The molecule has 0 aliphatic carbocycles. The van der Waals surface area contributed by atoms with Gasteiger partial charge in [-0.3, -0.25) is 14.4 Å². The highest BCUT2D eigenvalue weighted by atomic mass is 32.2. The largest absolute Gasteiger partial charge is 0.481 e. The number of aromatic amines is 1. The molecule has 0 bridgehead atoms. The second kappa shape index (κ2) is 12.0. The van der Waals surface area contributed by atoms with Crippen molar-refractivity contribution in [1.29, 1.82) is 0 Å². The number of aliphatic carboxylic acids is 1. The minimum atomic E-state index is -3.68. The minimum absolute atomic E-state index is 0.0199. The number of aryl methyl sites for hydroxylation is 1. The highest BCUT2D eigenvalue weighted by Gasteiger charge is 2.57. The first-order valence-corrected chi connectivity index (χ1v) is 17.2. The van der Waals surface area contributed by atoms with E-state index in [2.05, 4.69) is 30.2 Å². The zero-order chi connectivity index (χ0) is 29.4.